The Morgan fingerprint density at radius 1 is 0.508 bits per heavy atom. The van der Waals surface area contributed by atoms with E-state index in [1.54, 1.807) is 0 Å². The molecular weight excluding hydrogens is 824 g/mol. The van der Waals surface area contributed by atoms with E-state index in [0.717, 1.165) is 64.2 Å². The van der Waals surface area contributed by atoms with Crippen molar-refractivity contribution >= 4 is 13.8 Å². The van der Waals surface area contributed by atoms with Crippen LogP contribution in [0.25, 0.3) is 0 Å². The first kappa shape index (κ1) is 59.6. The third-order valence-electron chi connectivity index (χ3n) is 11.7. The Labute approximate surface area is 382 Å². The van der Waals surface area contributed by atoms with E-state index in [-0.39, 0.29) is 13.0 Å². The molecule has 6 N–H and O–H groups in total. The van der Waals surface area contributed by atoms with Crippen molar-refractivity contribution in [1.29, 1.82) is 0 Å². The van der Waals surface area contributed by atoms with Crippen molar-refractivity contribution in [2.75, 3.05) is 19.8 Å². The van der Waals surface area contributed by atoms with Gasteiger partial charge >= 0.3 is 13.8 Å². The molecule has 0 aromatic rings. The number of unbranched alkanes of at least 4 members (excludes halogenated alkanes) is 25. The minimum Gasteiger partial charge on any atom is -0.457 e. The Balaban J connectivity index is 2.36. The smallest absolute Gasteiger partial charge is 0.457 e. The van der Waals surface area contributed by atoms with Crippen molar-refractivity contribution in [1.82, 2.24) is 0 Å². The predicted octanol–water partition coefficient (Wildman–Crippen LogP) is 11.0. The molecule has 0 aromatic carbocycles. The molecule has 1 aliphatic rings. The highest BCUT2D eigenvalue weighted by Gasteiger charge is 2.51. The zero-order valence-corrected chi connectivity index (χ0v) is 40.5. The van der Waals surface area contributed by atoms with Gasteiger partial charge in [-0.05, 0) is 70.6 Å². The van der Waals surface area contributed by atoms with Crippen LogP contribution in [0, 0.1) is 0 Å². The molecule has 1 aliphatic carbocycles. The molecule has 0 spiro atoms. The van der Waals surface area contributed by atoms with Crippen LogP contribution in [-0.4, -0.2) is 98.9 Å². The van der Waals surface area contributed by atoms with Crippen LogP contribution in [0.2, 0.25) is 0 Å². The van der Waals surface area contributed by atoms with Crippen molar-refractivity contribution in [2.45, 2.75) is 256 Å². The summed E-state index contributed by atoms with van der Waals surface area (Å²) in [7, 11) is -5.02. The lowest BCUT2D eigenvalue weighted by atomic mass is 9.85. The van der Waals surface area contributed by atoms with Gasteiger partial charge in [0.1, 0.15) is 42.7 Å². The average molecular weight is 917 g/mol. The number of hydrogen-bond acceptors (Lipinski definition) is 11. The number of rotatable bonds is 43. The number of hydrogen-bond donors (Lipinski definition) is 6. The highest BCUT2D eigenvalue weighted by atomic mass is 31.2. The molecule has 370 valence electrons. The summed E-state index contributed by atoms with van der Waals surface area (Å²) < 4.78 is 34.3. The van der Waals surface area contributed by atoms with Gasteiger partial charge in [0.15, 0.2) is 0 Å². The number of allylic oxidation sites excluding steroid dienone is 6. The normalized spacial score (nSPS) is 22.1. The number of ether oxygens (including phenoxy) is 2. The van der Waals surface area contributed by atoms with Crippen molar-refractivity contribution in [3.8, 4) is 0 Å². The first-order chi connectivity index (χ1) is 30.5. The van der Waals surface area contributed by atoms with Crippen LogP contribution in [-0.2, 0) is 27.9 Å². The first-order valence-electron chi connectivity index (χ1n) is 25.3. The predicted molar refractivity (Wildman–Crippen MR) is 253 cm³/mol. The molecule has 1 saturated carbocycles. The molecule has 0 bridgehead atoms. The Bertz CT molecular complexity index is 1180. The molecule has 0 amide bonds. The van der Waals surface area contributed by atoms with Crippen molar-refractivity contribution in [2.24, 2.45) is 0 Å². The van der Waals surface area contributed by atoms with Crippen molar-refractivity contribution < 1.29 is 58.3 Å². The largest absolute Gasteiger partial charge is 0.472 e. The molecule has 0 saturated heterocycles. The highest BCUT2D eigenvalue weighted by molar-refractivity contribution is 7.47. The fourth-order valence-corrected chi connectivity index (χ4v) is 8.65. The van der Waals surface area contributed by atoms with E-state index in [9.17, 15) is 39.8 Å². The fraction of sp³-hybridized carbons (Fsp3) is 0.860. The summed E-state index contributed by atoms with van der Waals surface area (Å²) in [5.74, 6) is -0.482. The molecule has 6 unspecified atom stereocenters. The van der Waals surface area contributed by atoms with E-state index in [2.05, 4.69) is 50.3 Å². The lowest BCUT2D eigenvalue weighted by Gasteiger charge is -2.41. The minimum absolute atomic E-state index is 0.0813. The molecular formula is C50H93O12P. The van der Waals surface area contributed by atoms with Gasteiger partial charge in [0.2, 0.25) is 0 Å². The van der Waals surface area contributed by atoms with Gasteiger partial charge in [-0.3, -0.25) is 13.8 Å². The molecule has 0 aliphatic heterocycles. The van der Waals surface area contributed by atoms with Crippen LogP contribution >= 0.6 is 7.82 Å². The monoisotopic (exact) mass is 917 g/mol. The molecule has 0 aromatic heterocycles. The van der Waals surface area contributed by atoms with Gasteiger partial charge in [0, 0.05) is 13.0 Å². The van der Waals surface area contributed by atoms with Gasteiger partial charge in [-0.1, -0.05) is 172 Å². The maximum atomic E-state index is 12.8. The zero-order chi connectivity index (χ0) is 46.2. The third-order valence-corrected chi connectivity index (χ3v) is 12.7. The van der Waals surface area contributed by atoms with Gasteiger partial charge in [-0.25, -0.2) is 4.57 Å². The summed E-state index contributed by atoms with van der Waals surface area (Å²) in [6.45, 7) is 4.24. The van der Waals surface area contributed by atoms with E-state index in [0.29, 0.717) is 13.0 Å². The van der Waals surface area contributed by atoms with Crippen LogP contribution in [0.15, 0.2) is 36.5 Å². The second-order valence-corrected chi connectivity index (χ2v) is 19.1. The SMILES string of the molecule is CCCCC/C=C\C/C=C\CCCCCCCCCCCC(=O)OC(COCCCCCCCC/C=C\CCCCCCCCC)COP(=O)(O)OC1C(O)C(O)C(O)C(O)C1O. The Morgan fingerprint density at radius 2 is 0.889 bits per heavy atom. The molecule has 63 heavy (non-hydrogen) atoms. The lowest BCUT2D eigenvalue weighted by molar-refractivity contribution is -0.220. The quantitative estimate of drug-likeness (QED) is 0.0147. The number of aliphatic hydroxyl groups is 5. The standard InChI is InChI=1S/C50H93O12P/c1-3-5-7-9-11-13-15-17-19-21-22-23-25-27-29-31-33-35-37-39-44(51)61-43(42-60-63(57,58)62-50-48(55)46(53)45(52)47(54)49(50)56)41-59-40-38-36-34-32-30-28-26-24-20-18-16-14-12-10-8-6-4-2/h11,13,17,19-20,24,43,45-50,52-56H,3-10,12,14-16,18,21-23,25-42H2,1-2H3,(H,57,58)/b13-11-,19-17-,24-20-. The second kappa shape index (κ2) is 40.8. The topological polar surface area (TPSA) is 192 Å². The van der Waals surface area contributed by atoms with E-state index in [1.807, 2.05) is 0 Å². The van der Waals surface area contributed by atoms with E-state index in [4.69, 9.17) is 18.5 Å². The number of aliphatic hydroxyl groups excluding tert-OH is 5. The van der Waals surface area contributed by atoms with E-state index < -0.39 is 63.1 Å². The molecule has 6 atom stereocenters. The minimum atomic E-state index is -5.02. The molecule has 0 radical (unpaired) electrons. The Kier molecular flexibility index (Phi) is 38.6. The van der Waals surface area contributed by atoms with Gasteiger partial charge in [-0.2, -0.15) is 0 Å². The van der Waals surface area contributed by atoms with Gasteiger partial charge in [-0.15, -0.1) is 0 Å². The van der Waals surface area contributed by atoms with E-state index in [1.165, 1.54) is 122 Å². The van der Waals surface area contributed by atoms with Gasteiger partial charge in [0.25, 0.3) is 0 Å². The van der Waals surface area contributed by atoms with Gasteiger partial charge < -0.3 is 39.9 Å². The highest BCUT2D eigenvalue weighted by Crippen LogP contribution is 2.47. The average Bonchev–Trinajstić information content (AvgIpc) is 3.27. The third kappa shape index (κ3) is 32.8. The fourth-order valence-electron chi connectivity index (χ4n) is 7.68. The zero-order valence-electron chi connectivity index (χ0n) is 39.6. The molecule has 13 heteroatoms. The van der Waals surface area contributed by atoms with Crippen LogP contribution in [0.4, 0.5) is 0 Å². The second-order valence-electron chi connectivity index (χ2n) is 17.7. The van der Waals surface area contributed by atoms with Crippen LogP contribution in [0.5, 0.6) is 0 Å². The molecule has 1 rings (SSSR count). The number of phosphoric ester groups is 1. The van der Waals surface area contributed by atoms with Gasteiger partial charge in [0.05, 0.1) is 13.2 Å². The number of esters is 1. The molecule has 12 nitrogen and oxygen atoms in total. The lowest BCUT2D eigenvalue weighted by Crippen LogP contribution is -2.64. The summed E-state index contributed by atoms with van der Waals surface area (Å²) in [6.07, 6.45) is 36.3. The first-order valence-corrected chi connectivity index (χ1v) is 26.8. The summed E-state index contributed by atoms with van der Waals surface area (Å²) in [4.78, 5) is 23.2. The van der Waals surface area contributed by atoms with Crippen molar-refractivity contribution in [3.63, 3.8) is 0 Å². The van der Waals surface area contributed by atoms with Crippen LogP contribution in [0.3, 0.4) is 0 Å². The summed E-state index contributed by atoms with van der Waals surface area (Å²) in [5.41, 5.74) is 0. The molecule has 0 heterocycles. The summed E-state index contributed by atoms with van der Waals surface area (Å²) in [6, 6.07) is 0. The summed E-state index contributed by atoms with van der Waals surface area (Å²) >= 11 is 0. The maximum Gasteiger partial charge on any atom is 0.472 e. The van der Waals surface area contributed by atoms with Crippen LogP contribution < -0.4 is 0 Å². The number of phosphoric acid groups is 1. The Hall–Kier alpha value is -1.44. The van der Waals surface area contributed by atoms with Crippen LogP contribution in [0.1, 0.15) is 213 Å². The number of carbonyl (C=O) groups is 1. The number of carbonyl (C=O) groups excluding carboxylic acids is 1. The molecule has 1 fully saturated rings. The summed E-state index contributed by atoms with van der Waals surface area (Å²) in [5, 5.41) is 50.3. The van der Waals surface area contributed by atoms with Crippen molar-refractivity contribution in [3.05, 3.63) is 36.5 Å². The Morgan fingerprint density at radius 3 is 1.38 bits per heavy atom. The maximum absolute atomic E-state index is 12.8. The van der Waals surface area contributed by atoms with E-state index >= 15 is 0 Å².